The van der Waals surface area contributed by atoms with Gasteiger partial charge >= 0.3 is 0 Å². The van der Waals surface area contributed by atoms with Crippen LogP contribution in [0.5, 0.6) is 0 Å². The first kappa shape index (κ1) is 12.7. The van der Waals surface area contributed by atoms with E-state index in [4.69, 9.17) is 5.14 Å². The van der Waals surface area contributed by atoms with Crippen molar-refractivity contribution in [3.8, 4) is 0 Å². The summed E-state index contributed by atoms with van der Waals surface area (Å²) in [5.74, 6) is 0. The van der Waals surface area contributed by atoms with Crippen LogP contribution >= 0.6 is 22.6 Å². The van der Waals surface area contributed by atoms with Gasteiger partial charge in [-0.1, -0.05) is 0 Å². The number of rotatable bonds is 2. The van der Waals surface area contributed by atoms with Crippen LogP contribution in [0.25, 0.3) is 0 Å². The average Bonchev–Trinajstić information content (AvgIpc) is 2.00. The van der Waals surface area contributed by atoms with Crippen molar-refractivity contribution in [2.45, 2.75) is 18.2 Å². The van der Waals surface area contributed by atoms with Gasteiger partial charge in [-0.05, 0) is 35.1 Å². The highest BCUT2D eigenvalue weighted by Crippen LogP contribution is 2.29. The smallest absolute Gasteiger partial charge is 0.248 e. The number of primary sulfonamides is 1. The summed E-state index contributed by atoms with van der Waals surface area (Å²) in [5.41, 5.74) is -0.436. The predicted octanol–water partition coefficient (Wildman–Crippen LogP) is 1.58. The van der Waals surface area contributed by atoms with Gasteiger partial charge in [0.05, 0.1) is 5.56 Å². The van der Waals surface area contributed by atoms with Gasteiger partial charge in [-0.25, -0.2) is 27.3 Å². The van der Waals surface area contributed by atoms with E-state index >= 15 is 0 Å². The van der Waals surface area contributed by atoms with Crippen LogP contribution in [0.1, 0.15) is 17.6 Å². The molecule has 0 aliphatic carbocycles. The van der Waals surface area contributed by atoms with Crippen LogP contribution in [0.2, 0.25) is 0 Å². The van der Waals surface area contributed by atoms with Gasteiger partial charge in [0.2, 0.25) is 10.0 Å². The number of hydrogen-bond acceptors (Lipinski definition) is 3. The second-order valence-electron chi connectivity index (χ2n) is 2.80. The van der Waals surface area contributed by atoms with Gasteiger partial charge in [-0.15, -0.1) is 0 Å². The van der Waals surface area contributed by atoms with Crippen molar-refractivity contribution in [3.63, 3.8) is 0 Å². The molecule has 84 valence electrons. The highest BCUT2D eigenvalue weighted by Gasteiger charge is 2.22. The summed E-state index contributed by atoms with van der Waals surface area (Å²) in [6, 6.07) is 0. The molecular formula is C7H7F2IN2O2S. The minimum Gasteiger partial charge on any atom is -0.248 e. The molecule has 0 saturated carbocycles. The zero-order chi connectivity index (χ0) is 11.8. The molecule has 0 radical (unpaired) electrons. The lowest BCUT2D eigenvalue weighted by Crippen LogP contribution is -2.16. The van der Waals surface area contributed by atoms with Crippen LogP contribution in [0, 0.1) is 10.6 Å². The fourth-order valence-corrected chi connectivity index (χ4v) is 2.63. The fraction of sp³-hybridized carbons (Fsp3) is 0.286. The lowest BCUT2D eigenvalue weighted by Gasteiger charge is -2.10. The number of aromatic nitrogens is 1. The van der Waals surface area contributed by atoms with Crippen LogP contribution in [0.4, 0.5) is 8.78 Å². The third kappa shape index (κ3) is 2.61. The van der Waals surface area contributed by atoms with Gasteiger partial charge < -0.3 is 0 Å². The number of nitrogens with zero attached hydrogens (tertiary/aromatic N) is 1. The summed E-state index contributed by atoms with van der Waals surface area (Å²) in [4.78, 5) is 3.21. The maximum Gasteiger partial charge on any atom is 0.266 e. The molecule has 0 atom stereocenters. The first-order valence-electron chi connectivity index (χ1n) is 3.71. The third-order valence-corrected chi connectivity index (χ3v) is 3.70. The second kappa shape index (κ2) is 4.26. The zero-order valence-electron chi connectivity index (χ0n) is 7.54. The summed E-state index contributed by atoms with van der Waals surface area (Å²) >= 11 is 1.62. The molecule has 0 saturated heterocycles. The van der Waals surface area contributed by atoms with E-state index in [1.807, 2.05) is 0 Å². The SMILES string of the molecule is Cc1c(S(N)(=O)=O)cnc(I)c1C(F)F. The van der Waals surface area contributed by atoms with E-state index in [0.717, 1.165) is 6.20 Å². The van der Waals surface area contributed by atoms with Crippen molar-refractivity contribution in [3.05, 3.63) is 21.0 Å². The number of alkyl halides is 2. The summed E-state index contributed by atoms with van der Waals surface area (Å²) in [6.07, 6.45) is -1.79. The van der Waals surface area contributed by atoms with Gasteiger partial charge in [-0.3, -0.25) is 0 Å². The monoisotopic (exact) mass is 348 g/mol. The fourth-order valence-electron chi connectivity index (χ4n) is 1.11. The van der Waals surface area contributed by atoms with Gasteiger partial charge in [0.25, 0.3) is 6.43 Å². The Morgan fingerprint density at radius 3 is 2.47 bits per heavy atom. The summed E-state index contributed by atoms with van der Waals surface area (Å²) in [7, 11) is -4.01. The lowest BCUT2D eigenvalue weighted by atomic mass is 10.2. The van der Waals surface area contributed by atoms with Crippen molar-refractivity contribution < 1.29 is 17.2 Å². The number of sulfonamides is 1. The Morgan fingerprint density at radius 1 is 1.53 bits per heavy atom. The summed E-state index contributed by atoms with van der Waals surface area (Å²) in [6.45, 7) is 1.28. The number of hydrogen-bond donors (Lipinski definition) is 1. The van der Waals surface area contributed by atoms with E-state index in [-0.39, 0.29) is 19.7 Å². The third-order valence-electron chi connectivity index (χ3n) is 1.82. The normalized spacial score (nSPS) is 12.1. The van der Waals surface area contributed by atoms with Gasteiger partial charge in [0.1, 0.15) is 8.60 Å². The zero-order valence-corrected chi connectivity index (χ0v) is 10.5. The topological polar surface area (TPSA) is 73.1 Å². The van der Waals surface area contributed by atoms with Crippen molar-refractivity contribution in [1.29, 1.82) is 0 Å². The molecule has 0 unspecified atom stereocenters. The van der Waals surface area contributed by atoms with Crippen molar-refractivity contribution >= 4 is 32.6 Å². The maximum atomic E-state index is 12.6. The molecule has 0 fully saturated rings. The Bertz CT molecular complexity index is 490. The number of halogens is 3. The molecular weight excluding hydrogens is 341 g/mol. The average molecular weight is 348 g/mol. The Labute approximate surface area is 99.1 Å². The molecule has 0 aliphatic heterocycles. The molecule has 1 aromatic rings. The number of pyridine rings is 1. The Morgan fingerprint density at radius 2 is 2.07 bits per heavy atom. The Balaban J connectivity index is 3.56. The van der Waals surface area contributed by atoms with E-state index < -0.39 is 16.4 Å². The molecule has 0 aromatic carbocycles. The van der Waals surface area contributed by atoms with Gasteiger partial charge in [0.15, 0.2) is 0 Å². The van der Waals surface area contributed by atoms with Crippen molar-refractivity contribution in [2.75, 3.05) is 0 Å². The molecule has 1 heterocycles. The largest absolute Gasteiger partial charge is 0.266 e. The van der Waals surface area contributed by atoms with Crippen LogP contribution in [0.3, 0.4) is 0 Å². The first-order chi connectivity index (χ1) is 6.75. The minimum atomic E-state index is -4.01. The summed E-state index contributed by atoms with van der Waals surface area (Å²) < 4.78 is 47.3. The van der Waals surface area contributed by atoms with E-state index in [1.54, 1.807) is 22.6 Å². The Hall–Kier alpha value is -0.350. The molecule has 8 heteroatoms. The van der Waals surface area contributed by atoms with Crippen molar-refractivity contribution in [1.82, 2.24) is 4.98 Å². The molecule has 4 nitrogen and oxygen atoms in total. The van der Waals surface area contributed by atoms with Crippen LogP contribution < -0.4 is 5.14 Å². The standard InChI is InChI=1S/C7H7F2IN2O2S/c1-3-4(15(11,13)14)2-12-7(10)5(3)6(8)9/h2,6H,1H3,(H2,11,13,14). The van der Waals surface area contributed by atoms with E-state index in [0.29, 0.717) is 0 Å². The molecule has 0 spiro atoms. The lowest BCUT2D eigenvalue weighted by molar-refractivity contribution is 0.148. The van der Waals surface area contributed by atoms with Gasteiger partial charge in [-0.2, -0.15) is 0 Å². The van der Waals surface area contributed by atoms with Gasteiger partial charge in [0, 0.05) is 6.20 Å². The molecule has 1 rings (SSSR count). The number of nitrogens with two attached hydrogens (primary N) is 1. The molecule has 2 N–H and O–H groups in total. The molecule has 0 bridgehead atoms. The molecule has 0 amide bonds. The predicted molar refractivity (Wildman–Crippen MR) is 58.0 cm³/mol. The van der Waals surface area contributed by atoms with E-state index in [9.17, 15) is 17.2 Å². The minimum absolute atomic E-state index is 0.0492. The van der Waals surface area contributed by atoms with E-state index in [2.05, 4.69) is 4.98 Å². The van der Waals surface area contributed by atoms with E-state index in [1.165, 1.54) is 6.92 Å². The second-order valence-corrected chi connectivity index (χ2v) is 5.35. The first-order valence-corrected chi connectivity index (χ1v) is 6.33. The van der Waals surface area contributed by atoms with Crippen molar-refractivity contribution in [2.24, 2.45) is 5.14 Å². The van der Waals surface area contributed by atoms with Crippen LogP contribution in [-0.4, -0.2) is 13.4 Å². The van der Waals surface area contributed by atoms with Crippen LogP contribution in [0.15, 0.2) is 11.1 Å². The quantitative estimate of drug-likeness (QED) is 0.652. The highest BCUT2D eigenvalue weighted by molar-refractivity contribution is 14.1. The maximum absolute atomic E-state index is 12.6. The highest BCUT2D eigenvalue weighted by atomic mass is 127. The Kier molecular flexibility index (Phi) is 3.61. The molecule has 15 heavy (non-hydrogen) atoms. The summed E-state index contributed by atoms with van der Waals surface area (Å²) in [5, 5.41) is 4.86. The van der Waals surface area contributed by atoms with Crippen LogP contribution in [-0.2, 0) is 10.0 Å². The molecule has 0 aliphatic rings. The molecule has 1 aromatic heterocycles.